The van der Waals surface area contributed by atoms with E-state index in [4.69, 9.17) is 0 Å². The van der Waals surface area contributed by atoms with Crippen LogP contribution in [0.25, 0.3) is 10.9 Å². The number of benzene rings is 1. The van der Waals surface area contributed by atoms with Gasteiger partial charge in [-0.1, -0.05) is 12.1 Å². The molecule has 1 aliphatic heterocycles. The number of likely N-dealkylation sites (N-methyl/N-ethyl adjacent to an activating group) is 1. The molecule has 0 spiro atoms. The van der Waals surface area contributed by atoms with Crippen LogP contribution in [0.1, 0.15) is 35.9 Å². The SMILES string of the molecule is CCN1CC(C)n2c(c(O)c3c(=O)n(Cc4ccc(F)cc4)ccc32)C1=O. The van der Waals surface area contributed by atoms with Gasteiger partial charge in [-0.05, 0) is 37.6 Å². The third-order valence-electron chi connectivity index (χ3n) is 5.17. The Kier molecular flexibility index (Phi) is 4.02. The molecule has 6 nitrogen and oxygen atoms in total. The Morgan fingerprint density at radius 3 is 2.56 bits per heavy atom. The van der Waals surface area contributed by atoms with Gasteiger partial charge in [-0.15, -0.1) is 0 Å². The van der Waals surface area contributed by atoms with Gasteiger partial charge in [0.2, 0.25) is 0 Å². The van der Waals surface area contributed by atoms with Crippen LogP contribution in [0.4, 0.5) is 4.39 Å². The molecule has 1 amide bonds. The van der Waals surface area contributed by atoms with Gasteiger partial charge in [0.15, 0.2) is 11.4 Å². The van der Waals surface area contributed by atoms with Gasteiger partial charge in [0.25, 0.3) is 11.5 Å². The highest BCUT2D eigenvalue weighted by atomic mass is 19.1. The number of carbonyl (C=O) groups is 1. The largest absolute Gasteiger partial charge is 0.505 e. The molecular formula is C20H20FN3O3. The second-order valence-corrected chi connectivity index (χ2v) is 6.90. The summed E-state index contributed by atoms with van der Waals surface area (Å²) >= 11 is 0. The minimum absolute atomic E-state index is 0.0478. The highest BCUT2D eigenvalue weighted by molar-refractivity contribution is 6.04. The summed E-state index contributed by atoms with van der Waals surface area (Å²) in [6, 6.07) is 7.60. The maximum atomic E-state index is 13.1. The number of hydrogen-bond acceptors (Lipinski definition) is 3. The van der Waals surface area contributed by atoms with Gasteiger partial charge in [-0.25, -0.2) is 4.39 Å². The molecule has 27 heavy (non-hydrogen) atoms. The molecule has 0 aliphatic carbocycles. The molecule has 1 N–H and O–H groups in total. The normalized spacial score (nSPS) is 16.8. The Morgan fingerprint density at radius 2 is 1.89 bits per heavy atom. The molecule has 3 heterocycles. The van der Waals surface area contributed by atoms with E-state index in [9.17, 15) is 19.1 Å². The Morgan fingerprint density at radius 1 is 1.19 bits per heavy atom. The monoisotopic (exact) mass is 369 g/mol. The van der Waals surface area contributed by atoms with Crippen LogP contribution >= 0.6 is 0 Å². The lowest BCUT2D eigenvalue weighted by molar-refractivity contribution is 0.0686. The van der Waals surface area contributed by atoms with E-state index >= 15 is 0 Å². The zero-order valence-electron chi connectivity index (χ0n) is 15.1. The Hall–Kier alpha value is -3.09. The molecule has 1 aromatic carbocycles. The molecule has 1 unspecified atom stereocenters. The molecule has 0 radical (unpaired) electrons. The van der Waals surface area contributed by atoms with Gasteiger partial charge >= 0.3 is 0 Å². The minimum Gasteiger partial charge on any atom is -0.505 e. The van der Waals surface area contributed by atoms with Crippen molar-refractivity contribution in [2.75, 3.05) is 13.1 Å². The first kappa shape index (κ1) is 17.3. The maximum Gasteiger partial charge on any atom is 0.274 e. The first-order valence-corrected chi connectivity index (χ1v) is 8.92. The van der Waals surface area contributed by atoms with Crippen molar-refractivity contribution in [3.8, 4) is 5.75 Å². The molecule has 140 valence electrons. The zero-order valence-corrected chi connectivity index (χ0v) is 15.1. The zero-order chi connectivity index (χ0) is 19.3. The predicted molar refractivity (Wildman–Crippen MR) is 99.7 cm³/mol. The minimum atomic E-state index is -0.376. The van der Waals surface area contributed by atoms with Crippen LogP contribution in [0.15, 0.2) is 41.3 Å². The van der Waals surface area contributed by atoms with Crippen molar-refractivity contribution < 1.29 is 14.3 Å². The second kappa shape index (κ2) is 6.26. The summed E-state index contributed by atoms with van der Waals surface area (Å²) in [6.07, 6.45) is 1.64. The second-order valence-electron chi connectivity index (χ2n) is 6.90. The summed E-state index contributed by atoms with van der Waals surface area (Å²) in [4.78, 5) is 27.4. The number of carbonyl (C=O) groups excluding carboxylic acids is 1. The molecule has 4 rings (SSSR count). The highest BCUT2D eigenvalue weighted by Gasteiger charge is 2.34. The summed E-state index contributed by atoms with van der Waals surface area (Å²) in [5.41, 5.74) is 1.11. The number of amides is 1. The summed E-state index contributed by atoms with van der Waals surface area (Å²) in [5, 5.41) is 10.9. The van der Waals surface area contributed by atoms with Crippen molar-refractivity contribution in [1.82, 2.24) is 14.0 Å². The number of aromatic hydroxyl groups is 1. The van der Waals surface area contributed by atoms with Gasteiger partial charge < -0.3 is 19.1 Å². The van der Waals surface area contributed by atoms with Gasteiger partial charge in [-0.2, -0.15) is 0 Å². The van der Waals surface area contributed by atoms with Crippen LogP contribution < -0.4 is 5.56 Å². The van der Waals surface area contributed by atoms with Crippen LogP contribution in [0.5, 0.6) is 5.75 Å². The van der Waals surface area contributed by atoms with Crippen LogP contribution in [0, 0.1) is 5.82 Å². The number of hydrogen-bond donors (Lipinski definition) is 1. The van der Waals surface area contributed by atoms with Crippen LogP contribution in [-0.4, -0.2) is 38.1 Å². The summed E-state index contributed by atoms with van der Waals surface area (Å²) < 4.78 is 16.3. The fourth-order valence-corrected chi connectivity index (χ4v) is 3.82. The number of pyridine rings is 1. The molecule has 2 aromatic heterocycles. The summed E-state index contributed by atoms with van der Waals surface area (Å²) in [7, 11) is 0. The number of nitrogens with zero attached hydrogens (tertiary/aromatic N) is 3. The van der Waals surface area contributed by atoms with Crippen molar-refractivity contribution in [1.29, 1.82) is 0 Å². The molecule has 3 aromatic rings. The van der Waals surface area contributed by atoms with E-state index in [-0.39, 0.29) is 46.7 Å². The van der Waals surface area contributed by atoms with Crippen LogP contribution in [0.2, 0.25) is 0 Å². The average molecular weight is 369 g/mol. The predicted octanol–water partition coefficient (Wildman–Crippen LogP) is 2.73. The third kappa shape index (κ3) is 2.61. The van der Waals surface area contributed by atoms with Crippen LogP contribution in [-0.2, 0) is 6.54 Å². The quantitative estimate of drug-likeness (QED) is 0.772. The van der Waals surface area contributed by atoms with E-state index in [1.807, 2.05) is 13.8 Å². The molecule has 7 heteroatoms. The van der Waals surface area contributed by atoms with Gasteiger partial charge in [0, 0.05) is 25.3 Å². The van der Waals surface area contributed by atoms with Crippen LogP contribution in [0.3, 0.4) is 0 Å². The molecule has 0 saturated heterocycles. The fraction of sp³-hybridized carbons (Fsp3) is 0.300. The van der Waals surface area contributed by atoms with Crippen molar-refractivity contribution in [2.24, 2.45) is 0 Å². The van der Waals surface area contributed by atoms with E-state index < -0.39 is 0 Å². The van der Waals surface area contributed by atoms with Crippen molar-refractivity contribution in [2.45, 2.75) is 26.4 Å². The molecule has 1 aliphatic rings. The van der Waals surface area contributed by atoms with E-state index in [0.29, 0.717) is 18.6 Å². The molecule has 1 atom stereocenters. The lowest BCUT2D eigenvalue weighted by Gasteiger charge is -2.32. The number of fused-ring (bicyclic) bond motifs is 3. The van der Waals surface area contributed by atoms with Gasteiger partial charge in [0.05, 0.1) is 12.1 Å². The molecule has 0 saturated carbocycles. The van der Waals surface area contributed by atoms with Crippen molar-refractivity contribution >= 4 is 16.8 Å². The summed E-state index contributed by atoms with van der Waals surface area (Å²) in [6.45, 7) is 5.17. The first-order valence-electron chi connectivity index (χ1n) is 8.92. The Balaban J connectivity index is 1.87. The van der Waals surface area contributed by atoms with Gasteiger partial charge in [0.1, 0.15) is 11.2 Å². The Labute approximate surface area is 155 Å². The van der Waals surface area contributed by atoms with Crippen molar-refractivity contribution in [3.05, 3.63) is 64.0 Å². The smallest absolute Gasteiger partial charge is 0.274 e. The fourth-order valence-electron chi connectivity index (χ4n) is 3.82. The van der Waals surface area contributed by atoms with E-state index in [1.165, 1.54) is 16.7 Å². The number of rotatable bonds is 3. The average Bonchev–Trinajstić information content (AvgIpc) is 2.96. The van der Waals surface area contributed by atoms with E-state index in [2.05, 4.69) is 0 Å². The highest BCUT2D eigenvalue weighted by Crippen LogP contribution is 2.36. The molecular weight excluding hydrogens is 349 g/mol. The van der Waals surface area contributed by atoms with Gasteiger partial charge in [-0.3, -0.25) is 9.59 Å². The first-order chi connectivity index (χ1) is 12.9. The number of halogens is 1. The third-order valence-corrected chi connectivity index (χ3v) is 5.17. The maximum absolute atomic E-state index is 13.1. The standard InChI is InChI=1S/C20H20FN3O3/c1-3-22-10-12(2)24-15-8-9-23(11-13-4-6-14(21)7-5-13)19(26)16(15)18(25)17(24)20(22)27/h4-9,12,25H,3,10-11H2,1-2H3. The topological polar surface area (TPSA) is 67.5 Å². The van der Waals surface area contributed by atoms with E-state index in [1.54, 1.807) is 33.9 Å². The lowest BCUT2D eigenvalue weighted by atomic mass is 10.2. The molecule has 0 fully saturated rings. The molecule has 0 bridgehead atoms. The van der Waals surface area contributed by atoms with Crippen molar-refractivity contribution in [3.63, 3.8) is 0 Å². The van der Waals surface area contributed by atoms with E-state index in [0.717, 1.165) is 5.56 Å². The summed E-state index contributed by atoms with van der Waals surface area (Å²) in [5.74, 6) is -0.875. The lowest BCUT2D eigenvalue weighted by Crippen LogP contribution is -2.41. The Bertz CT molecular complexity index is 1100. The number of aromatic nitrogens is 2.